The number of nitrogens with zero attached hydrogens (tertiary/aromatic N) is 3. The van der Waals surface area contributed by atoms with E-state index in [-0.39, 0.29) is 12.4 Å². The van der Waals surface area contributed by atoms with Crippen LogP contribution in [0.5, 0.6) is 5.75 Å². The molecule has 0 aliphatic carbocycles. The summed E-state index contributed by atoms with van der Waals surface area (Å²) in [6.45, 7) is 3.91. The summed E-state index contributed by atoms with van der Waals surface area (Å²) in [5.74, 6) is -0.894. The zero-order valence-corrected chi connectivity index (χ0v) is 15.9. The van der Waals surface area contributed by atoms with Crippen LogP contribution >= 0.6 is 11.3 Å². The van der Waals surface area contributed by atoms with Gasteiger partial charge in [-0.05, 0) is 19.1 Å². The van der Waals surface area contributed by atoms with Gasteiger partial charge < -0.3 is 20.3 Å². The molecule has 1 aromatic heterocycles. The molecule has 6 nitrogen and oxygen atoms in total. The molecule has 0 fully saturated rings. The van der Waals surface area contributed by atoms with Crippen LogP contribution < -0.4 is 20.3 Å². The van der Waals surface area contributed by atoms with E-state index in [1.807, 2.05) is 31.3 Å². The molecule has 0 unspecified atom stereocenters. The lowest BCUT2D eigenvalue weighted by Crippen LogP contribution is -2.39. The highest BCUT2D eigenvalue weighted by Crippen LogP contribution is 2.18. The third kappa shape index (κ3) is 6.14. The van der Waals surface area contributed by atoms with Crippen LogP contribution in [0.1, 0.15) is 12.6 Å². The van der Waals surface area contributed by atoms with Crippen molar-refractivity contribution in [3.05, 3.63) is 40.9 Å². The first-order valence-corrected chi connectivity index (χ1v) is 9.09. The van der Waals surface area contributed by atoms with Crippen LogP contribution in [-0.2, 0) is 6.54 Å². The number of thiazole rings is 1. The largest absolute Gasteiger partial charge is 0.492 e. The first-order valence-electron chi connectivity index (χ1n) is 8.21. The fraction of sp³-hybridized carbons (Fsp3) is 0.412. The molecule has 9 heteroatoms. The van der Waals surface area contributed by atoms with Gasteiger partial charge in [0.1, 0.15) is 12.4 Å². The molecule has 0 saturated heterocycles. The molecule has 0 amide bonds. The van der Waals surface area contributed by atoms with Crippen molar-refractivity contribution in [2.45, 2.75) is 13.5 Å². The third-order valence-electron chi connectivity index (χ3n) is 3.22. The molecule has 2 rings (SSSR count). The van der Waals surface area contributed by atoms with E-state index < -0.39 is 11.6 Å². The molecule has 0 aliphatic heterocycles. The Balaban J connectivity index is 1.81. The topological polar surface area (TPSA) is 61.8 Å². The second-order valence-electron chi connectivity index (χ2n) is 5.56. The minimum atomic E-state index is -0.925. The van der Waals surface area contributed by atoms with Crippen LogP contribution in [0.2, 0.25) is 0 Å². The van der Waals surface area contributed by atoms with Gasteiger partial charge in [0.25, 0.3) is 0 Å². The summed E-state index contributed by atoms with van der Waals surface area (Å²) in [5.41, 5.74) is 0.897. The van der Waals surface area contributed by atoms with Gasteiger partial charge in [0.2, 0.25) is 0 Å². The zero-order valence-electron chi connectivity index (χ0n) is 15.1. The van der Waals surface area contributed by atoms with Gasteiger partial charge in [-0.15, -0.1) is 11.3 Å². The second-order valence-corrected chi connectivity index (χ2v) is 6.40. The predicted molar refractivity (Wildman–Crippen MR) is 101 cm³/mol. The number of aromatic nitrogens is 1. The van der Waals surface area contributed by atoms with Crippen LogP contribution in [0.3, 0.4) is 0 Å². The molecule has 2 aromatic rings. The molecule has 1 aromatic carbocycles. The van der Waals surface area contributed by atoms with Gasteiger partial charge in [-0.2, -0.15) is 0 Å². The van der Waals surface area contributed by atoms with Gasteiger partial charge in [0.15, 0.2) is 22.7 Å². The van der Waals surface area contributed by atoms with Gasteiger partial charge in [-0.1, -0.05) is 0 Å². The Morgan fingerprint density at radius 3 is 2.73 bits per heavy atom. The Kier molecular flexibility index (Phi) is 7.58. The molecule has 26 heavy (non-hydrogen) atoms. The van der Waals surface area contributed by atoms with Gasteiger partial charge >= 0.3 is 0 Å². The molecule has 0 bridgehead atoms. The number of guanidine groups is 1. The van der Waals surface area contributed by atoms with E-state index in [0.29, 0.717) is 19.0 Å². The maximum Gasteiger partial charge on any atom is 0.191 e. The average molecular weight is 383 g/mol. The fourth-order valence-electron chi connectivity index (χ4n) is 1.98. The van der Waals surface area contributed by atoms with Gasteiger partial charge in [-0.3, -0.25) is 0 Å². The lowest BCUT2D eigenvalue weighted by Gasteiger charge is -2.12. The van der Waals surface area contributed by atoms with Gasteiger partial charge in [0, 0.05) is 32.1 Å². The summed E-state index contributed by atoms with van der Waals surface area (Å²) in [4.78, 5) is 10.9. The van der Waals surface area contributed by atoms with Crippen molar-refractivity contribution in [3.8, 4) is 5.75 Å². The van der Waals surface area contributed by atoms with Crippen LogP contribution in [0.25, 0.3) is 0 Å². The molecule has 0 spiro atoms. The van der Waals surface area contributed by atoms with E-state index in [9.17, 15) is 8.78 Å². The van der Waals surface area contributed by atoms with Gasteiger partial charge in [0.05, 0.1) is 18.8 Å². The van der Waals surface area contributed by atoms with Crippen LogP contribution in [0.4, 0.5) is 13.9 Å². The van der Waals surface area contributed by atoms with E-state index in [0.717, 1.165) is 29.5 Å². The summed E-state index contributed by atoms with van der Waals surface area (Å²) in [7, 11) is 3.90. The zero-order chi connectivity index (χ0) is 18.9. The van der Waals surface area contributed by atoms with Crippen molar-refractivity contribution in [1.29, 1.82) is 0 Å². The molecule has 0 atom stereocenters. The maximum absolute atomic E-state index is 13.1. The number of nitrogens with one attached hydrogen (secondary N) is 2. The Hall–Kier alpha value is -2.42. The normalized spacial score (nSPS) is 11.3. The van der Waals surface area contributed by atoms with E-state index in [4.69, 9.17) is 4.74 Å². The number of halogens is 2. The molecule has 0 saturated carbocycles. The molecule has 142 valence electrons. The minimum absolute atomic E-state index is 0.284. The lowest BCUT2D eigenvalue weighted by atomic mass is 10.3. The maximum atomic E-state index is 13.1. The number of hydrogen-bond donors (Lipinski definition) is 2. The van der Waals surface area contributed by atoms with Crippen LogP contribution in [0, 0.1) is 11.6 Å². The Labute approximate surface area is 155 Å². The summed E-state index contributed by atoms with van der Waals surface area (Å²) < 4.78 is 31.4. The quantitative estimate of drug-likeness (QED) is 0.417. The van der Waals surface area contributed by atoms with E-state index in [1.165, 1.54) is 6.07 Å². The SMILES string of the molecule is CCNC(=NCc1csc(N(C)C)n1)NCCOc1ccc(F)c(F)c1. The molecule has 0 aliphatic rings. The first kappa shape index (κ1) is 19.9. The highest BCUT2D eigenvalue weighted by atomic mass is 32.1. The van der Waals surface area contributed by atoms with E-state index in [2.05, 4.69) is 20.6 Å². The summed E-state index contributed by atoms with van der Waals surface area (Å²) in [6.07, 6.45) is 0. The van der Waals surface area contributed by atoms with E-state index in [1.54, 1.807) is 11.3 Å². The summed E-state index contributed by atoms with van der Waals surface area (Å²) >= 11 is 1.57. The van der Waals surface area contributed by atoms with Crippen molar-refractivity contribution < 1.29 is 13.5 Å². The Bertz CT molecular complexity index is 736. The Morgan fingerprint density at radius 2 is 2.08 bits per heavy atom. The highest BCUT2D eigenvalue weighted by molar-refractivity contribution is 7.13. The predicted octanol–water partition coefficient (Wildman–Crippen LogP) is 2.62. The molecule has 2 N–H and O–H groups in total. The fourth-order valence-corrected chi connectivity index (χ4v) is 2.73. The number of ether oxygens (including phenoxy) is 1. The number of benzene rings is 1. The van der Waals surface area contributed by atoms with Crippen molar-refractivity contribution in [1.82, 2.24) is 15.6 Å². The first-order chi connectivity index (χ1) is 12.5. The highest BCUT2D eigenvalue weighted by Gasteiger charge is 2.05. The second kappa shape index (κ2) is 9.91. The standard InChI is InChI=1S/C17H23F2N5OS/c1-4-20-16(22-10-12-11-26-17(23-12)24(2)3)21-7-8-25-13-5-6-14(18)15(19)9-13/h5-6,9,11H,4,7-8,10H2,1-3H3,(H2,20,21,22). The van der Waals surface area contributed by atoms with Crippen LogP contribution in [0.15, 0.2) is 28.6 Å². The van der Waals surface area contributed by atoms with Crippen molar-refractivity contribution in [3.63, 3.8) is 0 Å². The monoisotopic (exact) mass is 383 g/mol. The van der Waals surface area contributed by atoms with Crippen LogP contribution in [-0.4, -0.2) is 44.7 Å². The molecule has 0 radical (unpaired) electrons. The van der Waals surface area contributed by atoms with E-state index >= 15 is 0 Å². The average Bonchev–Trinajstić information content (AvgIpc) is 3.09. The molecule has 1 heterocycles. The smallest absolute Gasteiger partial charge is 0.191 e. The van der Waals surface area contributed by atoms with Crippen molar-refractivity contribution in [2.75, 3.05) is 38.7 Å². The molecular formula is C17H23F2N5OS. The summed E-state index contributed by atoms with van der Waals surface area (Å²) in [6, 6.07) is 3.46. The summed E-state index contributed by atoms with van der Waals surface area (Å²) in [5, 5.41) is 9.18. The third-order valence-corrected chi connectivity index (χ3v) is 4.28. The molecular weight excluding hydrogens is 360 g/mol. The van der Waals surface area contributed by atoms with Crippen molar-refractivity contribution >= 4 is 22.4 Å². The number of anilines is 1. The van der Waals surface area contributed by atoms with Gasteiger partial charge in [-0.25, -0.2) is 18.8 Å². The number of hydrogen-bond acceptors (Lipinski definition) is 5. The number of rotatable bonds is 8. The minimum Gasteiger partial charge on any atom is -0.492 e. The Morgan fingerprint density at radius 1 is 1.27 bits per heavy atom. The lowest BCUT2D eigenvalue weighted by molar-refractivity contribution is 0.318. The van der Waals surface area contributed by atoms with Crippen molar-refractivity contribution in [2.24, 2.45) is 4.99 Å². The number of aliphatic imine (C=N–C) groups is 1.